The first-order valence-corrected chi connectivity index (χ1v) is 41.2. The molecule has 0 unspecified atom stereocenters. The average molecular weight is 1600 g/mol. The molecule has 4 N–H and O–H groups in total. The fourth-order valence-corrected chi connectivity index (χ4v) is 15.9. The molecule has 0 aliphatic heterocycles. The predicted octanol–water partition coefficient (Wildman–Crippen LogP) is 15.9. The maximum absolute atomic E-state index is 11.3. The van der Waals surface area contributed by atoms with Crippen LogP contribution in [0.3, 0.4) is 0 Å². The first-order valence-electron chi connectivity index (χ1n) is 41.2. The smallest absolute Gasteiger partial charge is 0.306 e. The zero-order valence-electron chi connectivity index (χ0n) is 67.8. The summed E-state index contributed by atoms with van der Waals surface area (Å²) in [5.41, 5.74) is 13.5. The maximum Gasteiger partial charge on any atom is 0.306 e. The lowest BCUT2D eigenvalue weighted by Crippen LogP contribution is -2.29. The van der Waals surface area contributed by atoms with E-state index in [2.05, 4.69) is 65.5 Å². The molecule has 5 saturated carbocycles. The zero-order valence-corrected chi connectivity index (χ0v) is 67.8. The fourth-order valence-electron chi connectivity index (χ4n) is 15.9. The molecule has 10 aromatic rings. The molecule has 8 atom stereocenters. The Morgan fingerprint density at radius 3 is 0.974 bits per heavy atom. The summed E-state index contributed by atoms with van der Waals surface area (Å²) < 4.78 is 48.9. The molecule has 620 valence electrons. The van der Waals surface area contributed by atoms with Gasteiger partial charge in [-0.25, -0.2) is 14.0 Å². The van der Waals surface area contributed by atoms with E-state index in [-0.39, 0.29) is 54.2 Å². The van der Waals surface area contributed by atoms with Crippen molar-refractivity contribution in [1.29, 1.82) is 0 Å². The lowest BCUT2D eigenvalue weighted by molar-refractivity contribution is -0.144. The summed E-state index contributed by atoms with van der Waals surface area (Å²) >= 11 is 0. The van der Waals surface area contributed by atoms with Crippen molar-refractivity contribution in [3.05, 3.63) is 192 Å². The summed E-state index contributed by atoms with van der Waals surface area (Å²) in [6, 6.07) is 51.6. The predicted molar refractivity (Wildman–Crippen MR) is 438 cm³/mol. The molecule has 4 heterocycles. The van der Waals surface area contributed by atoms with E-state index in [0.717, 1.165) is 199 Å². The summed E-state index contributed by atoms with van der Waals surface area (Å²) in [4.78, 5) is 45.0. The van der Waals surface area contributed by atoms with Gasteiger partial charge in [-0.05, 0) is 250 Å². The topological polar surface area (TPSA) is 337 Å². The summed E-state index contributed by atoms with van der Waals surface area (Å²) in [7, 11) is 7.53. The lowest BCUT2D eigenvalue weighted by Gasteiger charge is -2.27. The van der Waals surface area contributed by atoms with Gasteiger partial charge in [0.2, 0.25) is 0 Å². The summed E-state index contributed by atoms with van der Waals surface area (Å²) in [6.45, 7) is 5.89. The van der Waals surface area contributed by atoms with Gasteiger partial charge in [0.15, 0.2) is 0 Å². The largest absolute Gasteiger partial charge is 0.490 e. The number of ether oxygens (including phenoxy) is 7. The number of carboxylic acid groups (broad SMARTS) is 4. The maximum atomic E-state index is 11.3. The number of aryl methyl sites for hydroxylation is 5. The third-order valence-corrected chi connectivity index (χ3v) is 22.5. The molecule has 0 saturated heterocycles. The van der Waals surface area contributed by atoms with E-state index in [1.165, 1.54) is 18.4 Å². The molecule has 0 amide bonds. The van der Waals surface area contributed by atoms with Crippen LogP contribution in [-0.2, 0) is 101 Å². The first kappa shape index (κ1) is 85.2. The van der Waals surface area contributed by atoms with E-state index in [9.17, 15) is 39.6 Å². The van der Waals surface area contributed by atoms with E-state index < -0.39 is 23.9 Å². The number of hydrogen-bond donors (Lipinski definition) is 4. The highest BCUT2D eigenvalue weighted by Gasteiger charge is 2.33. The Bertz CT molecular complexity index is 4780. The van der Waals surface area contributed by atoms with Crippen LogP contribution >= 0.6 is 0 Å². The molecule has 4 aromatic heterocycles. The molecule has 5 aliphatic carbocycles. The summed E-state index contributed by atoms with van der Waals surface area (Å²) in [5.74, 6) is -1.07. The van der Waals surface area contributed by atoms with Crippen molar-refractivity contribution < 1.29 is 72.8 Å². The van der Waals surface area contributed by atoms with Gasteiger partial charge in [-0.2, -0.15) is 0 Å². The van der Waals surface area contributed by atoms with Gasteiger partial charge in [-0.15, -0.1) is 20.4 Å². The van der Waals surface area contributed by atoms with Crippen molar-refractivity contribution in [3.63, 3.8) is 0 Å². The second-order valence-electron chi connectivity index (χ2n) is 31.4. The molecule has 6 aromatic carbocycles. The quantitative estimate of drug-likeness (QED) is 0.0338. The van der Waals surface area contributed by atoms with Gasteiger partial charge in [0, 0.05) is 50.4 Å². The van der Waals surface area contributed by atoms with Gasteiger partial charge in [-0.1, -0.05) is 94.4 Å². The number of carbonyl (C=O) groups is 4. The number of carboxylic acids is 4. The molecular weight excluding hydrogens is 1490 g/mol. The third kappa shape index (κ3) is 24.5. The first-order chi connectivity index (χ1) is 56.7. The Labute approximate surface area is 683 Å². The number of rotatable bonds is 29. The van der Waals surface area contributed by atoms with Gasteiger partial charge < -0.3 is 53.6 Å². The van der Waals surface area contributed by atoms with Crippen molar-refractivity contribution in [2.24, 2.45) is 51.9 Å². The molecule has 5 aliphatic rings. The zero-order chi connectivity index (χ0) is 82.2. The van der Waals surface area contributed by atoms with Crippen LogP contribution in [0.5, 0.6) is 23.0 Å². The van der Waals surface area contributed by atoms with Crippen LogP contribution in [0.2, 0.25) is 0 Å². The highest BCUT2D eigenvalue weighted by molar-refractivity contribution is 5.72. The van der Waals surface area contributed by atoms with Crippen LogP contribution < -0.4 is 18.9 Å². The molecular formula is C90H110N12O15. The van der Waals surface area contributed by atoms with Crippen LogP contribution in [0.25, 0.3) is 45.0 Å². The molecule has 5 fully saturated rings. The summed E-state index contributed by atoms with van der Waals surface area (Å²) in [6.07, 6.45) is 19.2. The van der Waals surface area contributed by atoms with Crippen molar-refractivity contribution in [2.45, 2.75) is 218 Å². The molecule has 0 spiro atoms. The third-order valence-electron chi connectivity index (χ3n) is 22.5. The number of benzene rings is 6. The Kier molecular flexibility index (Phi) is 30.7. The molecule has 117 heavy (non-hydrogen) atoms. The lowest BCUT2D eigenvalue weighted by atomic mass is 9.87. The summed E-state index contributed by atoms with van der Waals surface area (Å²) in [5, 5.41) is 70.9. The van der Waals surface area contributed by atoms with Gasteiger partial charge in [0.1, 0.15) is 45.8 Å². The Hall–Kier alpha value is -11.2. The standard InChI is InChI=1S/C24H27N3O4.C24H27N3O3.C22H29N3O4.C20H27N3O4/c1-27-22(16-30-15-17-6-3-2-4-7-17)23(25-26-27)18-10-12-20(13-11-18)31-21-9-5-8-19(14-21)24(28)29;1-27-22(15-10-17-6-3-2-4-7-17)23(25-26-27)18-11-13-20(14-12-18)30-21-9-5-8-19(16-21)24(28)29;1-25-20(14-28-17-6-2-3-7-17)21(23-24-25)15-9-11-18(12-10-15)29-19-8-4-5-16(13-19)22(26)27;1-13(2)26-12-18-19(21-22-23(18)3)14-7-9-16(10-8-14)27-17-6-4-5-15(11-17)20(24)25/h2-4,6-7,10-13,19,21H,5,8-9,14-16H2,1H3,(H,28,29);2-4,6-7,11-14,19,21H,5,8-10,15-16H2,1H3,(H,28,29);9-12,16-17,19H,2-8,13-14H2,1H3,(H,26,27);7-10,13,15,17H,4-6,11-12H2,1-3H3,(H,24,25)/t2*19-,21-;16-,19-;15-,17-/m0000/s1. The molecule has 15 rings (SSSR count). The minimum absolute atomic E-state index is 0.0383. The second kappa shape index (κ2) is 42.1. The van der Waals surface area contributed by atoms with E-state index in [1.807, 2.05) is 180 Å². The van der Waals surface area contributed by atoms with Crippen LogP contribution in [0.15, 0.2) is 158 Å². The van der Waals surface area contributed by atoms with Crippen molar-refractivity contribution in [3.8, 4) is 68.0 Å². The van der Waals surface area contributed by atoms with E-state index in [1.54, 1.807) is 14.0 Å². The highest BCUT2D eigenvalue weighted by Crippen LogP contribution is 2.36. The van der Waals surface area contributed by atoms with Crippen molar-refractivity contribution >= 4 is 23.9 Å². The van der Waals surface area contributed by atoms with Crippen molar-refractivity contribution in [2.75, 3.05) is 0 Å². The average Bonchev–Trinajstić information content (AvgIpc) is 1.77. The van der Waals surface area contributed by atoms with Crippen molar-refractivity contribution in [1.82, 2.24) is 60.0 Å². The van der Waals surface area contributed by atoms with Crippen LogP contribution in [0, 0.1) is 23.7 Å². The Morgan fingerprint density at radius 1 is 0.342 bits per heavy atom. The normalized spacial score (nSPS) is 20.0. The monoisotopic (exact) mass is 1600 g/mol. The molecule has 27 nitrogen and oxygen atoms in total. The van der Waals surface area contributed by atoms with E-state index >= 15 is 0 Å². The number of aliphatic carboxylic acids is 4. The minimum Gasteiger partial charge on any atom is -0.490 e. The van der Waals surface area contributed by atoms with Crippen LogP contribution in [0.4, 0.5) is 0 Å². The SMILES string of the molecule is CC(C)OCc1c(-c2ccc(O[C@H]3CCC[C@H](C(=O)O)C3)cc2)nnn1C.Cn1nnc(-c2ccc(O[C@H]3CCC[C@H](C(=O)O)C3)cc2)c1CCc1ccccc1.Cn1nnc(-c2ccc(O[C@H]3CCC[C@H](C(=O)O)C3)cc2)c1COC1CCCC1.Cn1nnc(-c2ccc(O[C@H]3CCC[C@H](C(=O)O)C3)cc2)c1COCc1ccccc1. The molecule has 0 radical (unpaired) electrons. The minimum atomic E-state index is -0.728. The highest BCUT2D eigenvalue weighted by atomic mass is 16.5. The van der Waals surface area contributed by atoms with Gasteiger partial charge >= 0.3 is 23.9 Å². The van der Waals surface area contributed by atoms with Gasteiger partial charge in [-0.3, -0.25) is 23.9 Å². The van der Waals surface area contributed by atoms with Gasteiger partial charge in [0.05, 0.1) is 109 Å². The fraction of sp³-hybridized carbons (Fsp3) is 0.467. The Morgan fingerprint density at radius 2 is 0.641 bits per heavy atom. The second-order valence-corrected chi connectivity index (χ2v) is 31.4. The van der Waals surface area contributed by atoms with Crippen LogP contribution in [-0.4, -0.2) is 141 Å². The number of aromatic nitrogens is 12. The van der Waals surface area contributed by atoms with E-state index in [4.69, 9.17) is 33.2 Å². The van der Waals surface area contributed by atoms with E-state index in [0.29, 0.717) is 58.2 Å². The van der Waals surface area contributed by atoms with Gasteiger partial charge in [0.25, 0.3) is 0 Å². The number of hydrogen-bond acceptors (Lipinski definition) is 19. The number of nitrogens with zero attached hydrogens (tertiary/aromatic N) is 12. The molecule has 0 bridgehead atoms. The molecule has 27 heteroatoms. The Balaban J connectivity index is 0.000000144. The van der Waals surface area contributed by atoms with Crippen LogP contribution in [0.1, 0.15) is 176 Å².